The van der Waals surface area contributed by atoms with E-state index < -0.39 is 0 Å². The van der Waals surface area contributed by atoms with Crippen molar-refractivity contribution in [3.63, 3.8) is 0 Å². The van der Waals surface area contributed by atoms with Gasteiger partial charge in [0.15, 0.2) is 5.65 Å². The van der Waals surface area contributed by atoms with Crippen molar-refractivity contribution < 1.29 is 14.4 Å². The molecule has 1 unspecified atom stereocenters. The van der Waals surface area contributed by atoms with E-state index in [9.17, 15) is 14.4 Å². The van der Waals surface area contributed by atoms with E-state index in [1.54, 1.807) is 6.20 Å². The van der Waals surface area contributed by atoms with Crippen LogP contribution < -0.4 is 10.2 Å². The van der Waals surface area contributed by atoms with Gasteiger partial charge in [-0.2, -0.15) is 5.10 Å². The summed E-state index contributed by atoms with van der Waals surface area (Å²) in [5.74, 6) is -0.408. The van der Waals surface area contributed by atoms with E-state index in [1.165, 1.54) is 11.9 Å². The van der Waals surface area contributed by atoms with E-state index in [-0.39, 0.29) is 42.0 Å². The summed E-state index contributed by atoms with van der Waals surface area (Å²) in [6.07, 6.45) is 9.00. The molecule has 1 saturated heterocycles. The maximum absolute atomic E-state index is 12.6. The van der Waals surface area contributed by atoms with E-state index in [0.29, 0.717) is 31.6 Å². The SMILES string of the molecule is O=C(CN1C(=O)[C@H]2CC=CC[C@H]2C1=O)NCCC1CN(c2ncnc3[nH]ncc23)c2ccccc21. The predicted molar refractivity (Wildman–Crippen MR) is 128 cm³/mol. The van der Waals surface area contributed by atoms with Gasteiger partial charge >= 0.3 is 0 Å². The number of para-hydroxylation sites is 1. The Bertz CT molecular complexity index is 1320. The van der Waals surface area contributed by atoms with Gasteiger partial charge in [-0.1, -0.05) is 30.4 Å². The summed E-state index contributed by atoms with van der Waals surface area (Å²) in [4.78, 5) is 49.9. The molecule has 3 amide bonds. The third-order valence-electron chi connectivity index (χ3n) is 7.27. The molecule has 3 aliphatic rings. The fraction of sp³-hybridized carbons (Fsp3) is 0.360. The fourth-order valence-corrected chi connectivity index (χ4v) is 5.52. The smallest absolute Gasteiger partial charge is 0.240 e. The molecule has 0 spiro atoms. The van der Waals surface area contributed by atoms with Crippen molar-refractivity contribution in [2.75, 3.05) is 24.5 Å². The van der Waals surface area contributed by atoms with E-state index in [0.717, 1.165) is 28.2 Å². The molecule has 1 fully saturated rings. The second-order valence-corrected chi connectivity index (χ2v) is 9.25. The number of aromatic amines is 1. The zero-order valence-electron chi connectivity index (χ0n) is 19.1. The van der Waals surface area contributed by atoms with Crippen molar-refractivity contribution in [3.8, 4) is 0 Å². The fourth-order valence-electron chi connectivity index (χ4n) is 5.52. The van der Waals surface area contributed by atoms with Crippen LogP contribution >= 0.6 is 0 Å². The van der Waals surface area contributed by atoms with E-state index in [2.05, 4.69) is 42.5 Å². The number of hydrogen-bond donors (Lipinski definition) is 2. The molecule has 0 radical (unpaired) electrons. The number of carbonyl (C=O) groups is 3. The van der Waals surface area contributed by atoms with Gasteiger partial charge in [0, 0.05) is 24.7 Å². The Hall–Kier alpha value is -4.08. The summed E-state index contributed by atoms with van der Waals surface area (Å²) in [7, 11) is 0. The minimum Gasteiger partial charge on any atom is -0.355 e. The second-order valence-electron chi connectivity index (χ2n) is 9.25. The molecule has 2 aromatic heterocycles. The number of benzene rings is 1. The van der Waals surface area contributed by atoms with Crippen LogP contribution in [-0.4, -0.2) is 62.4 Å². The lowest BCUT2D eigenvalue weighted by Crippen LogP contribution is -2.41. The van der Waals surface area contributed by atoms with Crippen LogP contribution in [0.4, 0.5) is 11.5 Å². The molecule has 0 saturated carbocycles. The van der Waals surface area contributed by atoms with Crippen LogP contribution in [0.2, 0.25) is 0 Å². The Morgan fingerprint density at radius 1 is 1.09 bits per heavy atom. The molecular formula is C25H25N7O3. The quantitative estimate of drug-likeness (QED) is 0.416. The number of anilines is 2. The molecule has 1 aliphatic carbocycles. The van der Waals surface area contributed by atoms with Crippen molar-refractivity contribution in [1.82, 2.24) is 30.4 Å². The van der Waals surface area contributed by atoms with Gasteiger partial charge in [-0.15, -0.1) is 0 Å². The number of nitrogens with zero attached hydrogens (tertiary/aromatic N) is 5. The first kappa shape index (κ1) is 21.5. The summed E-state index contributed by atoms with van der Waals surface area (Å²) >= 11 is 0. The zero-order valence-corrected chi connectivity index (χ0v) is 19.1. The molecular weight excluding hydrogens is 446 g/mol. The largest absolute Gasteiger partial charge is 0.355 e. The monoisotopic (exact) mass is 471 g/mol. The number of hydrogen-bond acceptors (Lipinski definition) is 7. The molecule has 6 rings (SSSR count). The standard InChI is InChI=1S/C25H25N7O3/c33-21(13-32-24(34)17-6-1-2-7-18(17)25(32)35)26-10-9-15-12-31(20-8-4-3-5-16(15)20)23-19-11-29-30-22(19)27-14-28-23/h1-5,8,11,14-15,17-18H,6-7,9-10,12-13H2,(H,26,33)(H,27,28,29,30)/t15?,17-,18+. The zero-order chi connectivity index (χ0) is 23.9. The van der Waals surface area contributed by atoms with Gasteiger partial charge in [-0.25, -0.2) is 9.97 Å². The van der Waals surface area contributed by atoms with Crippen molar-refractivity contribution in [2.24, 2.45) is 11.8 Å². The van der Waals surface area contributed by atoms with Gasteiger partial charge in [0.2, 0.25) is 17.7 Å². The van der Waals surface area contributed by atoms with Crippen LogP contribution in [0.15, 0.2) is 48.9 Å². The first-order chi connectivity index (χ1) is 17.1. The number of imide groups is 1. The highest BCUT2D eigenvalue weighted by molar-refractivity contribution is 6.07. The minimum absolute atomic E-state index is 0.187. The lowest BCUT2D eigenvalue weighted by atomic mass is 9.85. The average Bonchev–Trinajstić information content (AvgIpc) is 3.57. The molecule has 3 atom stereocenters. The normalized spacial score (nSPS) is 23.1. The lowest BCUT2D eigenvalue weighted by molar-refractivity contribution is -0.143. The van der Waals surface area contributed by atoms with Crippen molar-refractivity contribution >= 4 is 40.3 Å². The molecule has 0 bridgehead atoms. The number of aromatic nitrogens is 4. The van der Waals surface area contributed by atoms with Crippen LogP contribution in [0.25, 0.3) is 11.0 Å². The molecule has 1 aromatic carbocycles. The third kappa shape index (κ3) is 3.65. The number of rotatable bonds is 6. The van der Waals surface area contributed by atoms with Crippen LogP contribution in [0.3, 0.4) is 0 Å². The third-order valence-corrected chi connectivity index (χ3v) is 7.27. The van der Waals surface area contributed by atoms with Crippen LogP contribution in [-0.2, 0) is 14.4 Å². The highest BCUT2D eigenvalue weighted by Gasteiger charge is 2.47. The maximum atomic E-state index is 12.6. The van der Waals surface area contributed by atoms with Crippen LogP contribution in [0.1, 0.15) is 30.7 Å². The van der Waals surface area contributed by atoms with Gasteiger partial charge in [-0.05, 0) is 30.9 Å². The molecule has 2 aliphatic heterocycles. The first-order valence-corrected chi connectivity index (χ1v) is 11.9. The molecule has 4 heterocycles. The molecule has 2 N–H and O–H groups in total. The predicted octanol–water partition coefficient (Wildman–Crippen LogP) is 2.05. The summed E-state index contributed by atoms with van der Waals surface area (Å²) < 4.78 is 0. The van der Waals surface area contributed by atoms with Gasteiger partial charge in [0.05, 0.1) is 23.4 Å². The second kappa shape index (κ2) is 8.61. The number of nitrogens with one attached hydrogen (secondary N) is 2. The highest BCUT2D eigenvalue weighted by atomic mass is 16.2. The molecule has 10 heteroatoms. The number of fused-ring (bicyclic) bond motifs is 3. The maximum Gasteiger partial charge on any atom is 0.240 e. The van der Waals surface area contributed by atoms with E-state index in [4.69, 9.17) is 0 Å². The Kier molecular flexibility index (Phi) is 5.28. The lowest BCUT2D eigenvalue weighted by Gasteiger charge is -2.19. The van der Waals surface area contributed by atoms with E-state index >= 15 is 0 Å². The summed E-state index contributed by atoms with van der Waals surface area (Å²) in [6, 6.07) is 8.19. The molecule has 3 aromatic rings. The van der Waals surface area contributed by atoms with Crippen molar-refractivity contribution in [3.05, 3.63) is 54.5 Å². The minimum atomic E-state index is -0.315. The van der Waals surface area contributed by atoms with E-state index in [1.807, 2.05) is 24.3 Å². The Balaban J connectivity index is 1.10. The Morgan fingerprint density at radius 3 is 2.66 bits per heavy atom. The average molecular weight is 472 g/mol. The molecule has 10 nitrogen and oxygen atoms in total. The van der Waals surface area contributed by atoms with Gasteiger partial charge < -0.3 is 10.2 Å². The highest BCUT2D eigenvalue weighted by Crippen LogP contribution is 2.42. The van der Waals surface area contributed by atoms with Crippen LogP contribution in [0, 0.1) is 11.8 Å². The Labute approximate surface area is 201 Å². The van der Waals surface area contributed by atoms with Gasteiger partial charge in [-0.3, -0.25) is 24.4 Å². The number of carbonyl (C=O) groups excluding carboxylic acids is 3. The van der Waals surface area contributed by atoms with Crippen molar-refractivity contribution in [1.29, 1.82) is 0 Å². The number of amides is 3. The van der Waals surface area contributed by atoms with Crippen molar-refractivity contribution in [2.45, 2.75) is 25.2 Å². The van der Waals surface area contributed by atoms with Crippen LogP contribution in [0.5, 0.6) is 0 Å². The first-order valence-electron chi connectivity index (χ1n) is 11.9. The number of likely N-dealkylation sites (tertiary alicyclic amines) is 1. The summed E-state index contributed by atoms with van der Waals surface area (Å²) in [5, 5.41) is 10.7. The molecule has 178 valence electrons. The van der Waals surface area contributed by atoms with Gasteiger partial charge in [0.1, 0.15) is 18.7 Å². The number of allylic oxidation sites excluding steroid dienone is 2. The molecule has 35 heavy (non-hydrogen) atoms. The van der Waals surface area contributed by atoms with Gasteiger partial charge in [0.25, 0.3) is 0 Å². The summed E-state index contributed by atoms with van der Waals surface area (Å²) in [5.41, 5.74) is 2.96. The summed E-state index contributed by atoms with van der Waals surface area (Å²) in [6.45, 7) is 0.949. The number of H-pyrrole nitrogens is 1. The Morgan fingerprint density at radius 2 is 1.86 bits per heavy atom. The topological polar surface area (TPSA) is 124 Å².